The molecule has 0 bridgehead atoms. The molecule has 0 radical (unpaired) electrons. The fourth-order valence-corrected chi connectivity index (χ4v) is 2.06. The normalized spacial score (nSPS) is 19.4. The van der Waals surface area contributed by atoms with Gasteiger partial charge in [-0.25, -0.2) is 9.78 Å². The number of amides is 4. The van der Waals surface area contributed by atoms with Crippen molar-refractivity contribution < 1.29 is 14.4 Å². The second-order valence-electron chi connectivity index (χ2n) is 4.20. The summed E-state index contributed by atoms with van der Waals surface area (Å²) in [5, 5.41) is 4.58. The molecule has 1 aliphatic heterocycles. The van der Waals surface area contributed by atoms with Crippen molar-refractivity contribution in [3.8, 4) is 0 Å². The van der Waals surface area contributed by atoms with Gasteiger partial charge in [0.25, 0.3) is 0 Å². The zero-order valence-corrected chi connectivity index (χ0v) is 10.2. The lowest BCUT2D eigenvalue weighted by Gasteiger charge is -2.33. The van der Waals surface area contributed by atoms with Crippen molar-refractivity contribution in [2.24, 2.45) is 5.41 Å². The van der Waals surface area contributed by atoms with Crippen LogP contribution in [0.15, 0.2) is 11.6 Å². The predicted octanol–water partition coefficient (Wildman–Crippen LogP) is 0.748. The van der Waals surface area contributed by atoms with Crippen LogP contribution in [0.4, 0.5) is 4.79 Å². The molecule has 2 heterocycles. The van der Waals surface area contributed by atoms with Crippen molar-refractivity contribution >= 4 is 29.2 Å². The molecule has 6 nitrogen and oxygen atoms in total. The van der Waals surface area contributed by atoms with Crippen LogP contribution < -0.4 is 5.32 Å². The number of nitrogens with one attached hydrogen (secondary N) is 1. The van der Waals surface area contributed by atoms with Gasteiger partial charge in [-0.3, -0.25) is 19.8 Å². The lowest BCUT2D eigenvalue weighted by Crippen LogP contribution is -2.61. The molecular weight excluding hydrogens is 242 g/mol. The maximum absolute atomic E-state index is 12.0. The van der Waals surface area contributed by atoms with Gasteiger partial charge in [0.05, 0.1) is 6.54 Å². The molecule has 0 spiro atoms. The lowest BCUT2D eigenvalue weighted by atomic mass is 9.89. The van der Waals surface area contributed by atoms with Crippen LogP contribution in [-0.2, 0) is 16.1 Å². The van der Waals surface area contributed by atoms with Crippen molar-refractivity contribution in [1.82, 2.24) is 15.2 Å². The van der Waals surface area contributed by atoms with Crippen molar-refractivity contribution in [2.75, 3.05) is 0 Å². The molecule has 4 amide bonds. The molecule has 0 unspecified atom stereocenters. The Bertz CT molecular complexity index is 481. The molecule has 0 aromatic carbocycles. The average Bonchev–Trinajstić information content (AvgIpc) is 2.75. The molecule has 0 saturated carbocycles. The quantitative estimate of drug-likeness (QED) is 0.789. The van der Waals surface area contributed by atoms with Gasteiger partial charge >= 0.3 is 6.03 Å². The molecular formula is C10H11N3O3S. The van der Waals surface area contributed by atoms with Crippen molar-refractivity contribution in [1.29, 1.82) is 0 Å². The van der Waals surface area contributed by atoms with E-state index in [9.17, 15) is 14.4 Å². The number of urea groups is 1. The van der Waals surface area contributed by atoms with Gasteiger partial charge in [-0.2, -0.15) is 0 Å². The van der Waals surface area contributed by atoms with Crippen LogP contribution in [0.2, 0.25) is 0 Å². The maximum Gasteiger partial charge on any atom is 0.331 e. The Balaban J connectivity index is 2.25. The molecule has 7 heteroatoms. The number of carbonyl (C=O) groups is 3. The summed E-state index contributed by atoms with van der Waals surface area (Å²) in [4.78, 5) is 40.1. The van der Waals surface area contributed by atoms with E-state index in [4.69, 9.17) is 0 Å². The number of hydrogen-bond acceptors (Lipinski definition) is 5. The first-order valence-corrected chi connectivity index (χ1v) is 5.86. The van der Waals surface area contributed by atoms with E-state index in [1.165, 1.54) is 25.2 Å². The third kappa shape index (κ3) is 1.93. The predicted molar refractivity (Wildman–Crippen MR) is 60.0 cm³/mol. The molecule has 17 heavy (non-hydrogen) atoms. The molecule has 1 aromatic heterocycles. The molecule has 0 aliphatic carbocycles. The molecule has 1 aliphatic rings. The number of aromatic nitrogens is 1. The smallest absolute Gasteiger partial charge is 0.277 e. The second-order valence-corrected chi connectivity index (χ2v) is 5.18. The van der Waals surface area contributed by atoms with Crippen LogP contribution in [0, 0.1) is 5.41 Å². The molecule has 90 valence electrons. The van der Waals surface area contributed by atoms with Gasteiger partial charge in [-0.1, -0.05) is 0 Å². The summed E-state index contributed by atoms with van der Waals surface area (Å²) >= 11 is 1.35. The van der Waals surface area contributed by atoms with Crippen LogP contribution in [0.3, 0.4) is 0 Å². The number of hydrogen-bond donors (Lipinski definition) is 1. The zero-order chi connectivity index (χ0) is 12.6. The van der Waals surface area contributed by atoms with Gasteiger partial charge in [0.1, 0.15) is 10.4 Å². The van der Waals surface area contributed by atoms with E-state index in [-0.39, 0.29) is 6.54 Å². The van der Waals surface area contributed by atoms with Crippen LogP contribution >= 0.6 is 11.3 Å². The number of nitrogens with zero attached hydrogens (tertiary/aromatic N) is 2. The first-order valence-electron chi connectivity index (χ1n) is 4.98. The van der Waals surface area contributed by atoms with Crippen molar-refractivity contribution in [2.45, 2.75) is 20.4 Å². The fraction of sp³-hybridized carbons (Fsp3) is 0.400. The van der Waals surface area contributed by atoms with Gasteiger partial charge in [-0.05, 0) is 13.8 Å². The van der Waals surface area contributed by atoms with E-state index < -0.39 is 23.3 Å². The molecule has 1 N–H and O–H groups in total. The summed E-state index contributed by atoms with van der Waals surface area (Å²) in [6.07, 6.45) is 1.60. The van der Waals surface area contributed by atoms with Crippen LogP contribution in [-0.4, -0.2) is 27.7 Å². The van der Waals surface area contributed by atoms with E-state index in [1.807, 2.05) is 0 Å². The van der Waals surface area contributed by atoms with Crippen molar-refractivity contribution in [3.05, 3.63) is 16.6 Å². The van der Waals surface area contributed by atoms with Gasteiger partial charge in [0, 0.05) is 11.6 Å². The summed E-state index contributed by atoms with van der Waals surface area (Å²) in [6, 6.07) is -0.686. The zero-order valence-electron chi connectivity index (χ0n) is 9.39. The Morgan fingerprint density at radius 1 is 1.41 bits per heavy atom. The van der Waals surface area contributed by atoms with E-state index in [0.29, 0.717) is 5.01 Å². The lowest BCUT2D eigenvalue weighted by molar-refractivity contribution is -0.149. The third-order valence-electron chi connectivity index (χ3n) is 2.59. The Labute approximate surface area is 102 Å². The Morgan fingerprint density at radius 2 is 2.12 bits per heavy atom. The topological polar surface area (TPSA) is 79.4 Å². The maximum atomic E-state index is 12.0. The molecule has 1 saturated heterocycles. The van der Waals surface area contributed by atoms with E-state index in [2.05, 4.69) is 10.3 Å². The number of rotatable bonds is 2. The number of imide groups is 2. The second kappa shape index (κ2) is 3.92. The highest BCUT2D eigenvalue weighted by molar-refractivity contribution is 7.09. The minimum atomic E-state index is -1.22. The van der Waals surface area contributed by atoms with E-state index >= 15 is 0 Å². The minimum absolute atomic E-state index is 0.0963. The number of carbonyl (C=O) groups excluding carboxylic acids is 3. The van der Waals surface area contributed by atoms with Crippen LogP contribution in [0.5, 0.6) is 0 Å². The summed E-state index contributed by atoms with van der Waals surface area (Å²) in [6.45, 7) is 3.08. The number of barbiturate groups is 1. The summed E-state index contributed by atoms with van der Waals surface area (Å²) in [5.74, 6) is -1.07. The van der Waals surface area contributed by atoms with Crippen molar-refractivity contribution in [3.63, 3.8) is 0 Å². The largest absolute Gasteiger partial charge is 0.331 e. The monoisotopic (exact) mass is 253 g/mol. The van der Waals surface area contributed by atoms with E-state index in [1.54, 1.807) is 11.6 Å². The molecule has 1 fully saturated rings. The SMILES string of the molecule is CC1(C)C(=O)NC(=O)N(Cc2nccs2)C1=O. The molecule has 1 aromatic rings. The van der Waals surface area contributed by atoms with Gasteiger partial charge in [0.15, 0.2) is 0 Å². The first kappa shape index (κ1) is 11.7. The molecule has 0 atom stereocenters. The Kier molecular flexibility index (Phi) is 2.70. The Morgan fingerprint density at radius 3 is 2.71 bits per heavy atom. The highest BCUT2D eigenvalue weighted by Crippen LogP contribution is 2.24. The van der Waals surface area contributed by atoms with Gasteiger partial charge in [0.2, 0.25) is 11.8 Å². The summed E-state index contributed by atoms with van der Waals surface area (Å²) < 4.78 is 0. The van der Waals surface area contributed by atoms with E-state index in [0.717, 1.165) is 4.90 Å². The summed E-state index contributed by atoms with van der Waals surface area (Å²) in [7, 11) is 0. The Hall–Kier alpha value is -1.76. The fourth-order valence-electron chi connectivity index (χ4n) is 1.46. The average molecular weight is 253 g/mol. The minimum Gasteiger partial charge on any atom is -0.277 e. The van der Waals surface area contributed by atoms with Crippen LogP contribution in [0.1, 0.15) is 18.9 Å². The highest BCUT2D eigenvalue weighted by atomic mass is 32.1. The third-order valence-corrected chi connectivity index (χ3v) is 3.35. The summed E-state index contributed by atoms with van der Waals surface area (Å²) in [5.41, 5.74) is -1.22. The molecule has 2 rings (SSSR count). The highest BCUT2D eigenvalue weighted by Gasteiger charge is 2.47. The van der Waals surface area contributed by atoms with Gasteiger partial charge < -0.3 is 0 Å². The number of thiazole rings is 1. The first-order chi connectivity index (χ1) is 7.93. The standard InChI is InChI=1S/C10H11N3O3S/c1-10(2)7(14)12-9(16)13(8(10)15)5-6-11-3-4-17-6/h3-4H,5H2,1-2H3,(H,12,14,16). The van der Waals surface area contributed by atoms with Crippen LogP contribution in [0.25, 0.3) is 0 Å². The van der Waals surface area contributed by atoms with Gasteiger partial charge in [-0.15, -0.1) is 11.3 Å².